The number of ether oxygens (including phenoxy) is 2. The van der Waals surface area contributed by atoms with Crippen LogP contribution in [0.25, 0.3) is 0 Å². The van der Waals surface area contributed by atoms with Gasteiger partial charge in [-0.25, -0.2) is 0 Å². The van der Waals surface area contributed by atoms with Gasteiger partial charge in [-0.2, -0.15) is 0 Å². The molecule has 0 amide bonds. The van der Waals surface area contributed by atoms with Crippen LogP contribution in [0.2, 0.25) is 0 Å². The maximum Gasteiger partial charge on any atom is 0.0701 e. The summed E-state index contributed by atoms with van der Waals surface area (Å²) in [7, 11) is 0. The topological polar surface area (TPSA) is 49.0 Å². The molecule has 2 heterocycles. The van der Waals surface area contributed by atoms with E-state index in [9.17, 15) is 0 Å². The van der Waals surface area contributed by atoms with E-state index in [0.717, 1.165) is 78.7 Å². The Morgan fingerprint density at radius 3 is 1.50 bits per heavy atom. The van der Waals surface area contributed by atoms with Gasteiger partial charge in [-0.15, -0.1) is 0 Å². The van der Waals surface area contributed by atoms with Crippen LogP contribution >= 0.6 is 0 Å². The Hall–Kier alpha value is -0.240. The highest BCUT2D eigenvalue weighted by molar-refractivity contribution is 4.68. The quantitative estimate of drug-likeness (QED) is 0.585. The zero-order valence-corrected chi connectivity index (χ0v) is 12.6. The van der Waals surface area contributed by atoms with E-state index in [1.54, 1.807) is 0 Å². The van der Waals surface area contributed by atoms with Crippen molar-refractivity contribution < 1.29 is 9.47 Å². The Morgan fingerprint density at radius 2 is 1.00 bits per heavy atom. The second-order valence-corrected chi connectivity index (χ2v) is 5.41. The highest BCUT2D eigenvalue weighted by Gasteiger charge is 2.11. The van der Waals surface area contributed by atoms with Crippen LogP contribution in [0, 0.1) is 0 Å². The summed E-state index contributed by atoms with van der Waals surface area (Å²) in [6, 6.07) is 0. The lowest BCUT2D eigenvalue weighted by Crippen LogP contribution is -2.45. The van der Waals surface area contributed by atoms with E-state index in [2.05, 4.69) is 20.4 Å². The first-order valence-electron chi connectivity index (χ1n) is 7.97. The summed E-state index contributed by atoms with van der Waals surface area (Å²) in [5, 5.41) is 6.99. The van der Waals surface area contributed by atoms with Crippen LogP contribution in [0.5, 0.6) is 0 Å². The van der Waals surface area contributed by atoms with E-state index in [-0.39, 0.29) is 0 Å². The third-order valence-electron chi connectivity index (χ3n) is 3.90. The average Bonchev–Trinajstić information content (AvgIpc) is 2.44. The first kappa shape index (κ1) is 16.1. The van der Waals surface area contributed by atoms with E-state index < -0.39 is 0 Å². The van der Waals surface area contributed by atoms with E-state index >= 15 is 0 Å². The predicted molar refractivity (Wildman–Crippen MR) is 80.3 cm³/mol. The molecule has 2 unspecified atom stereocenters. The van der Waals surface area contributed by atoms with Crippen LogP contribution in [0.1, 0.15) is 0 Å². The molecule has 2 saturated heterocycles. The predicted octanol–water partition coefficient (Wildman–Crippen LogP) is -1.17. The lowest BCUT2D eigenvalue weighted by Gasteiger charge is -2.29. The van der Waals surface area contributed by atoms with Crippen molar-refractivity contribution in [1.29, 1.82) is 0 Å². The number of fused-ring (bicyclic) bond motifs is 3. The second-order valence-electron chi connectivity index (χ2n) is 5.41. The lowest BCUT2D eigenvalue weighted by molar-refractivity contribution is 0.0218. The third-order valence-corrected chi connectivity index (χ3v) is 3.90. The van der Waals surface area contributed by atoms with Crippen molar-refractivity contribution in [1.82, 2.24) is 20.4 Å². The van der Waals surface area contributed by atoms with E-state index in [0.29, 0.717) is 13.2 Å². The second kappa shape index (κ2) is 10.5. The van der Waals surface area contributed by atoms with Gasteiger partial charge in [-0.05, 0) is 0 Å². The zero-order chi connectivity index (χ0) is 13.9. The fourth-order valence-electron chi connectivity index (χ4n) is 2.56. The standard InChI is InChI=1S/C14H30N4O2/c1-2-16-4-6-18-8-7-17(5-3-15-1)9-11-19-13-14-20-12-10-18/h15-16H,1-14H2. The minimum atomic E-state index is 0.716. The molecule has 2 atom stereocenters. The fourth-order valence-corrected chi connectivity index (χ4v) is 2.56. The summed E-state index contributed by atoms with van der Waals surface area (Å²) in [5.74, 6) is 0. The smallest absolute Gasteiger partial charge is 0.0701 e. The summed E-state index contributed by atoms with van der Waals surface area (Å²) in [4.78, 5) is 5.02. The molecule has 20 heavy (non-hydrogen) atoms. The van der Waals surface area contributed by atoms with Crippen LogP contribution in [0.3, 0.4) is 0 Å². The number of nitrogens with one attached hydrogen (secondary N) is 2. The lowest BCUT2D eigenvalue weighted by atomic mass is 10.3. The average molecular weight is 286 g/mol. The summed E-state index contributed by atoms with van der Waals surface area (Å²) >= 11 is 0. The fraction of sp³-hybridized carbons (Fsp3) is 1.00. The maximum atomic E-state index is 5.62. The summed E-state index contributed by atoms with van der Waals surface area (Å²) in [6.07, 6.45) is 0. The van der Waals surface area contributed by atoms with Crippen LogP contribution in [-0.4, -0.2) is 102 Å². The summed E-state index contributed by atoms with van der Waals surface area (Å²) < 4.78 is 11.2. The van der Waals surface area contributed by atoms with Gasteiger partial charge in [0, 0.05) is 65.4 Å². The van der Waals surface area contributed by atoms with Crippen LogP contribution in [0.4, 0.5) is 0 Å². The van der Waals surface area contributed by atoms with Gasteiger partial charge in [0.25, 0.3) is 0 Å². The number of rotatable bonds is 0. The molecular weight excluding hydrogens is 256 g/mol. The van der Waals surface area contributed by atoms with Crippen molar-refractivity contribution in [3.05, 3.63) is 0 Å². The maximum absolute atomic E-state index is 5.62. The van der Waals surface area contributed by atoms with Gasteiger partial charge >= 0.3 is 0 Å². The van der Waals surface area contributed by atoms with Crippen molar-refractivity contribution in [3.8, 4) is 0 Å². The molecule has 6 heteroatoms. The van der Waals surface area contributed by atoms with Crippen LogP contribution in [-0.2, 0) is 9.47 Å². The SMILES string of the molecule is C1CNCCN2CCOCCOCCN(CCN1)CC2. The molecule has 2 fully saturated rings. The normalized spacial score (nSPS) is 32.4. The molecule has 6 nitrogen and oxygen atoms in total. The minimum absolute atomic E-state index is 0.716. The largest absolute Gasteiger partial charge is 0.378 e. The van der Waals surface area contributed by atoms with E-state index in [4.69, 9.17) is 9.47 Å². The Kier molecular flexibility index (Phi) is 8.46. The van der Waals surface area contributed by atoms with Crippen molar-refractivity contribution in [3.63, 3.8) is 0 Å². The molecule has 2 bridgehead atoms. The van der Waals surface area contributed by atoms with Crippen LogP contribution in [0.15, 0.2) is 0 Å². The van der Waals surface area contributed by atoms with Gasteiger partial charge in [0.2, 0.25) is 0 Å². The molecular formula is C14H30N4O2. The molecule has 2 rings (SSSR count). The highest BCUT2D eigenvalue weighted by atomic mass is 16.5. The van der Waals surface area contributed by atoms with Gasteiger partial charge in [0.15, 0.2) is 0 Å². The van der Waals surface area contributed by atoms with E-state index in [1.807, 2.05) is 0 Å². The zero-order valence-electron chi connectivity index (χ0n) is 12.6. The Balaban J connectivity index is 1.86. The molecule has 0 radical (unpaired) electrons. The molecule has 2 aliphatic heterocycles. The first-order chi connectivity index (χ1) is 9.95. The molecule has 0 spiro atoms. The van der Waals surface area contributed by atoms with Crippen molar-refractivity contribution in [2.24, 2.45) is 0 Å². The summed E-state index contributed by atoms with van der Waals surface area (Å²) in [5.41, 5.74) is 0. The third kappa shape index (κ3) is 6.97. The molecule has 118 valence electrons. The molecule has 0 aromatic rings. The monoisotopic (exact) mass is 286 g/mol. The molecule has 0 aromatic heterocycles. The van der Waals surface area contributed by atoms with Gasteiger partial charge < -0.3 is 20.1 Å². The summed E-state index contributed by atoms with van der Waals surface area (Å²) in [6.45, 7) is 13.8. The van der Waals surface area contributed by atoms with E-state index in [1.165, 1.54) is 0 Å². The van der Waals surface area contributed by atoms with Gasteiger partial charge in [0.1, 0.15) is 0 Å². The van der Waals surface area contributed by atoms with Gasteiger partial charge in [0.05, 0.1) is 26.4 Å². The van der Waals surface area contributed by atoms with Gasteiger partial charge in [-0.1, -0.05) is 0 Å². The number of hydrogen-bond acceptors (Lipinski definition) is 6. The highest BCUT2D eigenvalue weighted by Crippen LogP contribution is 1.96. The van der Waals surface area contributed by atoms with Crippen molar-refractivity contribution >= 4 is 0 Å². The molecule has 2 aliphatic rings. The minimum Gasteiger partial charge on any atom is -0.378 e. The molecule has 0 aliphatic carbocycles. The molecule has 2 N–H and O–H groups in total. The van der Waals surface area contributed by atoms with Crippen molar-refractivity contribution in [2.45, 2.75) is 0 Å². The van der Waals surface area contributed by atoms with Gasteiger partial charge in [-0.3, -0.25) is 9.80 Å². The van der Waals surface area contributed by atoms with Crippen LogP contribution < -0.4 is 10.6 Å². The Morgan fingerprint density at radius 1 is 0.500 bits per heavy atom. The Bertz CT molecular complexity index is 199. The number of hydrogen-bond donors (Lipinski definition) is 2. The number of nitrogens with zero attached hydrogens (tertiary/aromatic N) is 2. The first-order valence-corrected chi connectivity index (χ1v) is 7.97. The molecule has 0 saturated carbocycles. The van der Waals surface area contributed by atoms with Crippen molar-refractivity contribution in [2.75, 3.05) is 91.9 Å². The molecule has 0 aromatic carbocycles. The Labute approximate surface area is 122 Å².